The molecule has 31 heavy (non-hydrogen) atoms. The molecule has 1 aromatic heterocycles. The Bertz CT molecular complexity index is 1130. The van der Waals surface area contributed by atoms with E-state index in [1.165, 1.54) is 6.42 Å². The fraction of sp³-hybridized carbons (Fsp3) is 0.308. The molecule has 1 aliphatic carbocycles. The summed E-state index contributed by atoms with van der Waals surface area (Å²) in [5, 5.41) is 2.95. The lowest BCUT2D eigenvalue weighted by Gasteiger charge is -2.33. The summed E-state index contributed by atoms with van der Waals surface area (Å²) < 4.78 is 6.10. The maximum atomic E-state index is 12.6. The summed E-state index contributed by atoms with van der Waals surface area (Å²) in [6, 6.07) is 17.3. The fourth-order valence-corrected chi connectivity index (χ4v) is 4.32. The fourth-order valence-electron chi connectivity index (χ4n) is 4.32. The molecule has 0 spiro atoms. The van der Waals surface area contributed by atoms with E-state index in [4.69, 9.17) is 4.42 Å². The number of nitrogens with one attached hydrogen (secondary N) is 1. The number of hydrogen-bond donors (Lipinski definition) is 1. The molecule has 2 amide bonds. The van der Waals surface area contributed by atoms with Gasteiger partial charge in [-0.15, -0.1) is 0 Å². The van der Waals surface area contributed by atoms with Gasteiger partial charge in [-0.25, -0.2) is 0 Å². The zero-order chi connectivity index (χ0) is 21.4. The first-order chi connectivity index (χ1) is 15.1. The van der Waals surface area contributed by atoms with Crippen molar-refractivity contribution in [3.8, 4) is 11.3 Å². The van der Waals surface area contributed by atoms with Crippen LogP contribution in [0.5, 0.6) is 0 Å². The second-order valence-electron chi connectivity index (χ2n) is 8.54. The largest absolute Gasteiger partial charge is 0.461 e. The lowest BCUT2D eigenvalue weighted by atomic mass is 9.84. The van der Waals surface area contributed by atoms with Gasteiger partial charge in [0.15, 0.2) is 0 Å². The molecule has 0 bridgehead atoms. The molecule has 1 N–H and O–H groups in total. The predicted octanol–water partition coefficient (Wildman–Crippen LogP) is 5.19. The second-order valence-corrected chi connectivity index (χ2v) is 8.54. The van der Waals surface area contributed by atoms with Crippen LogP contribution >= 0.6 is 0 Å². The number of rotatable bonds is 4. The Balaban J connectivity index is 1.28. The van der Waals surface area contributed by atoms with E-state index < -0.39 is 0 Å². The third-order valence-electron chi connectivity index (χ3n) is 6.45. The van der Waals surface area contributed by atoms with Gasteiger partial charge in [-0.05, 0) is 61.7 Å². The average Bonchev–Trinajstić information content (AvgIpc) is 3.16. The molecule has 5 nitrogen and oxygen atoms in total. The molecule has 2 aromatic carbocycles. The predicted molar refractivity (Wildman–Crippen MR) is 120 cm³/mol. The van der Waals surface area contributed by atoms with Gasteiger partial charge in [0.25, 0.3) is 5.91 Å². The van der Waals surface area contributed by atoms with Crippen LogP contribution in [0.25, 0.3) is 11.3 Å². The summed E-state index contributed by atoms with van der Waals surface area (Å²) in [4.78, 5) is 27.1. The summed E-state index contributed by atoms with van der Waals surface area (Å²) >= 11 is 0. The molecule has 2 aliphatic rings. The third-order valence-corrected chi connectivity index (χ3v) is 6.45. The maximum Gasteiger partial charge on any atom is 0.255 e. The number of benzene rings is 2. The summed E-state index contributed by atoms with van der Waals surface area (Å²) in [5.41, 5.74) is 4.42. The molecule has 0 atom stereocenters. The SMILES string of the molecule is Cc1ccccc1C(=O)Nc1ccc(-c2cc3c(o2)CCN(C(=O)C2CCC2)C3)cc1. The molecule has 1 saturated carbocycles. The van der Waals surface area contributed by atoms with Gasteiger partial charge in [-0.1, -0.05) is 24.6 Å². The number of fused-ring (bicyclic) bond motifs is 1. The number of aryl methyl sites for hydroxylation is 1. The first-order valence-electron chi connectivity index (χ1n) is 11.0. The second kappa shape index (κ2) is 8.06. The minimum Gasteiger partial charge on any atom is -0.461 e. The first-order valence-corrected chi connectivity index (χ1v) is 11.0. The van der Waals surface area contributed by atoms with Crippen molar-refractivity contribution in [2.24, 2.45) is 5.92 Å². The molecule has 5 rings (SSSR count). The van der Waals surface area contributed by atoms with Crippen molar-refractivity contribution in [1.29, 1.82) is 0 Å². The van der Waals surface area contributed by atoms with Crippen molar-refractivity contribution in [3.05, 3.63) is 77.0 Å². The number of carbonyl (C=O) groups is 2. The molecular formula is C26H26N2O3. The van der Waals surface area contributed by atoms with Gasteiger partial charge in [0.05, 0.1) is 0 Å². The summed E-state index contributed by atoms with van der Waals surface area (Å²) in [6.45, 7) is 3.30. The van der Waals surface area contributed by atoms with Crippen LogP contribution in [0, 0.1) is 12.8 Å². The summed E-state index contributed by atoms with van der Waals surface area (Å²) in [5.74, 6) is 2.20. The Morgan fingerprint density at radius 2 is 1.84 bits per heavy atom. The number of anilines is 1. The highest BCUT2D eigenvalue weighted by molar-refractivity contribution is 6.05. The van der Waals surface area contributed by atoms with E-state index in [1.54, 1.807) is 0 Å². The quantitative estimate of drug-likeness (QED) is 0.639. The molecule has 0 saturated heterocycles. The van der Waals surface area contributed by atoms with Crippen molar-refractivity contribution in [3.63, 3.8) is 0 Å². The number of nitrogens with zero attached hydrogens (tertiary/aromatic N) is 1. The lowest BCUT2D eigenvalue weighted by Crippen LogP contribution is -2.41. The Morgan fingerprint density at radius 1 is 1.06 bits per heavy atom. The highest BCUT2D eigenvalue weighted by Crippen LogP contribution is 2.33. The van der Waals surface area contributed by atoms with Gasteiger partial charge < -0.3 is 14.6 Å². The van der Waals surface area contributed by atoms with E-state index in [-0.39, 0.29) is 11.8 Å². The van der Waals surface area contributed by atoms with E-state index in [1.807, 2.05) is 60.4 Å². The first kappa shape index (κ1) is 19.6. The summed E-state index contributed by atoms with van der Waals surface area (Å²) in [7, 11) is 0. The smallest absolute Gasteiger partial charge is 0.255 e. The van der Waals surface area contributed by atoms with Gasteiger partial charge in [0, 0.05) is 47.8 Å². The van der Waals surface area contributed by atoms with Crippen molar-refractivity contribution >= 4 is 17.5 Å². The molecule has 158 valence electrons. The molecule has 5 heteroatoms. The van der Waals surface area contributed by atoms with Crippen LogP contribution in [-0.2, 0) is 17.8 Å². The van der Waals surface area contributed by atoms with Crippen LogP contribution in [0.1, 0.15) is 46.5 Å². The molecular weight excluding hydrogens is 388 g/mol. The molecule has 3 aromatic rings. The third kappa shape index (κ3) is 3.88. The topological polar surface area (TPSA) is 62.6 Å². The maximum absolute atomic E-state index is 12.6. The zero-order valence-corrected chi connectivity index (χ0v) is 17.7. The monoisotopic (exact) mass is 414 g/mol. The Hall–Kier alpha value is -3.34. The number of amides is 2. The molecule has 0 radical (unpaired) electrons. The van der Waals surface area contributed by atoms with Gasteiger partial charge in [0.2, 0.25) is 5.91 Å². The molecule has 0 unspecified atom stereocenters. The van der Waals surface area contributed by atoms with Crippen molar-refractivity contribution < 1.29 is 14.0 Å². The van der Waals surface area contributed by atoms with Crippen LogP contribution < -0.4 is 5.32 Å². The van der Waals surface area contributed by atoms with Crippen LogP contribution in [0.3, 0.4) is 0 Å². The molecule has 1 aliphatic heterocycles. The lowest BCUT2D eigenvalue weighted by molar-refractivity contribution is -0.139. The van der Waals surface area contributed by atoms with Crippen LogP contribution in [0.15, 0.2) is 59.0 Å². The van der Waals surface area contributed by atoms with Crippen molar-refractivity contribution in [1.82, 2.24) is 4.90 Å². The minimum atomic E-state index is -0.115. The van der Waals surface area contributed by atoms with E-state index in [2.05, 4.69) is 11.4 Å². The van der Waals surface area contributed by atoms with Crippen LogP contribution in [0.4, 0.5) is 5.69 Å². The van der Waals surface area contributed by atoms with Crippen LogP contribution in [-0.4, -0.2) is 23.3 Å². The van der Waals surface area contributed by atoms with E-state index in [9.17, 15) is 9.59 Å². The zero-order valence-electron chi connectivity index (χ0n) is 17.7. The van der Waals surface area contributed by atoms with Gasteiger partial charge in [-0.2, -0.15) is 0 Å². The Labute approximate surface area is 182 Å². The Morgan fingerprint density at radius 3 is 2.55 bits per heavy atom. The van der Waals surface area contributed by atoms with E-state index >= 15 is 0 Å². The van der Waals surface area contributed by atoms with E-state index in [0.717, 1.165) is 59.7 Å². The molecule has 2 heterocycles. The normalized spacial score (nSPS) is 15.8. The summed E-state index contributed by atoms with van der Waals surface area (Å²) in [6.07, 6.45) is 4.00. The van der Waals surface area contributed by atoms with Gasteiger partial charge in [-0.3, -0.25) is 9.59 Å². The highest BCUT2D eigenvalue weighted by atomic mass is 16.3. The van der Waals surface area contributed by atoms with Crippen molar-refractivity contribution in [2.75, 3.05) is 11.9 Å². The minimum absolute atomic E-state index is 0.115. The number of furan rings is 1. The standard InChI is InChI=1S/C26H26N2O3/c1-17-5-2-3-8-22(17)25(29)27-21-11-9-18(10-12-21)24-15-20-16-28(14-13-23(20)31-24)26(30)19-6-4-7-19/h2-3,5,8-12,15,19H,4,6-7,13-14,16H2,1H3,(H,27,29). The van der Waals surface area contributed by atoms with Gasteiger partial charge >= 0.3 is 0 Å². The van der Waals surface area contributed by atoms with Crippen molar-refractivity contribution in [2.45, 2.75) is 39.2 Å². The number of carbonyl (C=O) groups excluding carboxylic acids is 2. The molecule has 1 fully saturated rings. The van der Waals surface area contributed by atoms with Gasteiger partial charge in [0.1, 0.15) is 11.5 Å². The number of hydrogen-bond acceptors (Lipinski definition) is 3. The highest BCUT2D eigenvalue weighted by Gasteiger charge is 2.32. The van der Waals surface area contributed by atoms with Crippen LogP contribution in [0.2, 0.25) is 0 Å². The average molecular weight is 415 g/mol. The van der Waals surface area contributed by atoms with E-state index in [0.29, 0.717) is 18.0 Å². The Kier molecular flexibility index (Phi) is 5.10.